The molecule has 1 heterocycles. The minimum Gasteiger partial charge on any atom is -0.489 e. The van der Waals surface area contributed by atoms with Crippen molar-refractivity contribution in [1.29, 1.82) is 0 Å². The van der Waals surface area contributed by atoms with E-state index in [1.807, 2.05) is 48.5 Å². The van der Waals surface area contributed by atoms with Gasteiger partial charge in [-0.2, -0.15) is 0 Å². The molecule has 0 spiro atoms. The number of hydrogen-bond donors (Lipinski definition) is 0. The molecule has 0 unspecified atom stereocenters. The SMILES string of the molecule is Cc1ccccc1COc1ccc2c(c1)oc(=O)c1ccccc12. The van der Waals surface area contributed by atoms with Crippen LogP contribution in [0.5, 0.6) is 5.75 Å². The summed E-state index contributed by atoms with van der Waals surface area (Å²) in [5, 5.41) is 2.40. The normalized spacial score (nSPS) is 11.0. The molecule has 0 aliphatic heterocycles. The Labute approximate surface area is 139 Å². The molecule has 0 radical (unpaired) electrons. The highest BCUT2D eigenvalue weighted by Gasteiger charge is 2.08. The second-order valence-electron chi connectivity index (χ2n) is 5.81. The molecule has 3 heteroatoms. The smallest absolute Gasteiger partial charge is 0.344 e. The van der Waals surface area contributed by atoms with Gasteiger partial charge in [-0.25, -0.2) is 4.79 Å². The molecule has 1 aromatic heterocycles. The van der Waals surface area contributed by atoms with Crippen molar-refractivity contribution in [1.82, 2.24) is 0 Å². The molecule has 3 nitrogen and oxygen atoms in total. The first-order valence-corrected chi connectivity index (χ1v) is 7.85. The van der Waals surface area contributed by atoms with Crippen LogP contribution in [0.4, 0.5) is 0 Å². The van der Waals surface area contributed by atoms with Gasteiger partial charge in [0.1, 0.15) is 17.9 Å². The van der Waals surface area contributed by atoms with Crippen molar-refractivity contribution in [2.45, 2.75) is 13.5 Å². The summed E-state index contributed by atoms with van der Waals surface area (Å²) >= 11 is 0. The third kappa shape index (κ3) is 2.54. The Hall–Kier alpha value is -3.07. The van der Waals surface area contributed by atoms with Gasteiger partial charge in [0.2, 0.25) is 0 Å². The Morgan fingerprint density at radius 3 is 2.46 bits per heavy atom. The van der Waals surface area contributed by atoms with Crippen LogP contribution in [0.1, 0.15) is 11.1 Å². The Balaban J connectivity index is 1.72. The van der Waals surface area contributed by atoms with E-state index in [1.54, 1.807) is 12.1 Å². The van der Waals surface area contributed by atoms with Crippen molar-refractivity contribution in [3.8, 4) is 5.75 Å². The van der Waals surface area contributed by atoms with Crippen LogP contribution in [0, 0.1) is 6.92 Å². The quantitative estimate of drug-likeness (QED) is 0.401. The Kier molecular flexibility index (Phi) is 3.54. The molecule has 0 N–H and O–H groups in total. The molecule has 0 amide bonds. The summed E-state index contributed by atoms with van der Waals surface area (Å²) in [6, 6.07) is 21.2. The van der Waals surface area contributed by atoms with Crippen LogP contribution in [0.25, 0.3) is 21.7 Å². The van der Waals surface area contributed by atoms with Gasteiger partial charge < -0.3 is 9.15 Å². The van der Waals surface area contributed by atoms with Crippen molar-refractivity contribution in [2.75, 3.05) is 0 Å². The van der Waals surface area contributed by atoms with Gasteiger partial charge in [-0.3, -0.25) is 0 Å². The van der Waals surface area contributed by atoms with Gasteiger partial charge in [0.05, 0.1) is 5.39 Å². The highest BCUT2D eigenvalue weighted by atomic mass is 16.5. The fraction of sp³-hybridized carbons (Fsp3) is 0.0952. The first kappa shape index (κ1) is 14.5. The Morgan fingerprint density at radius 2 is 1.62 bits per heavy atom. The summed E-state index contributed by atoms with van der Waals surface area (Å²) in [6.07, 6.45) is 0. The second-order valence-corrected chi connectivity index (χ2v) is 5.81. The van der Waals surface area contributed by atoms with Gasteiger partial charge in [0.15, 0.2) is 0 Å². The number of ether oxygens (including phenoxy) is 1. The predicted octanol–water partition coefficient (Wildman–Crippen LogP) is 4.83. The number of benzene rings is 3. The van der Waals surface area contributed by atoms with Gasteiger partial charge in [0.25, 0.3) is 0 Å². The minimum atomic E-state index is -0.325. The van der Waals surface area contributed by atoms with Crippen LogP contribution in [0.15, 0.2) is 75.9 Å². The summed E-state index contributed by atoms with van der Waals surface area (Å²) in [6.45, 7) is 2.54. The van der Waals surface area contributed by atoms with Crippen LogP contribution < -0.4 is 10.4 Å². The molecule has 4 aromatic rings. The maximum atomic E-state index is 12.1. The predicted molar refractivity (Wildman–Crippen MR) is 95.5 cm³/mol. The summed E-state index contributed by atoms with van der Waals surface area (Å²) in [5.41, 5.74) is 2.54. The van der Waals surface area contributed by atoms with Gasteiger partial charge >= 0.3 is 5.63 Å². The molecule has 0 saturated carbocycles. The molecular weight excluding hydrogens is 300 g/mol. The molecule has 0 bridgehead atoms. The third-order valence-corrected chi connectivity index (χ3v) is 4.25. The van der Waals surface area contributed by atoms with Crippen molar-refractivity contribution in [2.24, 2.45) is 0 Å². The lowest BCUT2D eigenvalue weighted by atomic mass is 10.1. The van der Waals surface area contributed by atoms with Crippen molar-refractivity contribution in [3.05, 3.63) is 88.3 Å². The van der Waals surface area contributed by atoms with Gasteiger partial charge in [0, 0.05) is 11.5 Å². The topological polar surface area (TPSA) is 39.4 Å². The maximum Gasteiger partial charge on any atom is 0.344 e. The van der Waals surface area contributed by atoms with E-state index >= 15 is 0 Å². The van der Waals surface area contributed by atoms with E-state index in [2.05, 4.69) is 13.0 Å². The molecule has 0 fully saturated rings. The van der Waals surface area contributed by atoms with E-state index in [4.69, 9.17) is 9.15 Å². The van der Waals surface area contributed by atoms with Crippen molar-refractivity contribution < 1.29 is 9.15 Å². The van der Waals surface area contributed by atoms with Crippen LogP contribution in [-0.4, -0.2) is 0 Å². The first-order valence-electron chi connectivity index (χ1n) is 7.85. The molecular formula is C21H16O3. The summed E-state index contributed by atoms with van der Waals surface area (Å²) in [4.78, 5) is 12.1. The molecule has 24 heavy (non-hydrogen) atoms. The van der Waals surface area contributed by atoms with Gasteiger partial charge in [-0.1, -0.05) is 42.5 Å². The molecule has 0 aliphatic carbocycles. The van der Waals surface area contributed by atoms with E-state index in [0.717, 1.165) is 16.3 Å². The lowest BCUT2D eigenvalue weighted by Crippen LogP contribution is -2.00. The molecule has 4 rings (SSSR count). The molecule has 118 valence electrons. The van der Waals surface area contributed by atoms with Crippen molar-refractivity contribution in [3.63, 3.8) is 0 Å². The van der Waals surface area contributed by atoms with E-state index in [9.17, 15) is 4.79 Å². The first-order chi connectivity index (χ1) is 11.7. The molecule has 0 saturated heterocycles. The van der Waals surface area contributed by atoms with Crippen LogP contribution in [-0.2, 0) is 6.61 Å². The largest absolute Gasteiger partial charge is 0.489 e. The fourth-order valence-corrected chi connectivity index (χ4v) is 2.88. The van der Waals surface area contributed by atoms with Crippen molar-refractivity contribution >= 4 is 21.7 Å². The standard InChI is InChI=1S/C21H16O3/c1-14-6-2-3-7-15(14)13-23-16-10-11-18-17-8-4-5-9-19(17)21(22)24-20(18)12-16/h2-12H,13H2,1H3. The van der Waals surface area contributed by atoms with Crippen LogP contribution >= 0.6 is 0 Å². The average molecular weight is 316 g/mol. The minimum absolute atomic E-state index is 0.325. The summed E-state index contributed by atoms with van der Waals surface area (Å²) in [5.74, 6) is 0.684. The fourth-order valence-electron chi connectivity index (χ4n) is 2.88. The third-order valence-electron chi connectivity index (χ3n) is 4.25. The van der Waals surface area contributed by atoms with E-state index in [-0.39, 0.29) is 5.63 Å². The molecule has 3 aromatic carbocycles. The van der Waals surface area contributed by atoms with Gasteiger partial charge in [-0.05, 0) is 41.6 Å². The number of aryl methyl sites for hydroxylation is 1. The Bertz CT molecular complexity index is 1090. The second kappa shape index (κ2) is 5.85. The zero-order chi connectivity index (χ0) is 16.5. The lowest BCUT2D eigenvalue weighted by Gasteiger charge is -2.09. The number of fused-ring (bicyclic) bond motifs is 3. The average Bonchev–Trinajstić information content (AvgIpc) is 2.61. The Morgan fingerprint density at radius 1 is 0.875 bits per heavy atom. The van der Waals surface area contributed by atoms with Gasteiger partial charge in [-0.15, -0.1) is 0 Å². The summed E-state index contributed by atoms with van der Waals surface area (Å²) < 4.78 is 11.3. The van der Waals surface area contributed by atoms with Crippen LogP contribution in [0.2, 0.25) is 0 Å². The number of hydrogen-bond acceptors (Lipinski definition) is 3. The number of rotatable bonds is 3. The van der Waals surface area contributed by atoms with E-state index in [0.29, 0.717) is 23.3 Å². The highest BCUT2D eigenvalue weighted by Crippen LogP contribution is 2.26. The van der Waals surface area contributed by atoms with E-state index < -0.39 is 0 Å². The zero-order valence-corrected chi connectivity index (χ0v) is 13.3. The monoisotopic (exact) mass is 316 g/mol. The van der Waals surface area contributed by atoms with Crippen LogP contribution in [0.3, 0.4) is 0 Å². The highest BCUT2D eigenvalue weighted by molar-refractivity contribution is 6.04. The molecule has 0 aliphatic rings. The maximum absolute atomic E-state index is 12.1. The lowest BCUT2D eigenvalue weighted by molar-refractivity contribution is 0.305. The molecule has 0 atom stereocenters. The zero-order valence-electron chi connectivity index (χ0n) is 13.3. The summed E-state index contributed by atoms with van der Waals surface area (Å²) in [7, 11) is 0. The van der Waals surface area contributed by atoms with E-state index in [1.165, 1.54) is 5.56 Å².